The van der Waals surface area contributed by atoms with Gasteiger partial charge in [0.2, 0.25) is 0 Å². The summed E-state index contributed by atoms with van der Waals surface area (Å²) in [6.07, 6.45) is -6.06. The fourth-order valence-corrected chi connectivity index (χ4v) is 4.92. The molecule has 0 saturated heterocycles. The van der Waals surface area contributed by atoms with E-state index >= 15 is 0 Å². The predicted molar refractivity (Wildman–Crippen MR) is 178 cm³/mol. The van der Waals surface area contributed by atoms with Crippen LogP contribution in [0.5, 0.6) is 5.75 Å². The molecular weight excluding hydrogens is 673 g/mol. The maximum atomic E-state index is 13.6. The summed E-state index contributed by atoms with van der Waals surface area (Å²) >= 11 is 0. The van der Waals surface area contributed by atoms with Gasteiger partial charge in [0, 0.05) is 25.2 Å². The third kappa shape index (κ3) is 8.52. The van der Waals surface area contributed by atoms with Gasteiger partial charge in [0.15, 0.2) is 0 Å². The van der Waals surface area contributed by atoms with Gasteiger partial charge in [-0.05, 0) is 61.4 Å². The Bertz CT molecular complexity index is 1890. The van der Waals surface area contributed by atoms with Crippen LogP contribution in [0.15, 0.2) is 97.1 Å². The quantitative estimate of drug-likeness (QED) is 0.0767. The van der Waals surface area contributed by atoms with E-state index in [1.165, 1.54) is 87.4 Å². The first-order valence-corrected chi connectivity index (χ1v) is 15.5. The van der Waals surface area contributed by atoms with E-state index in [1.807, 2.05) is 0 Å². The third-order valence-corrected chi connectivity index (χ3v) is 7.31. The SMILES string of the molecule is CCOC(=O)C(OC(=O)Oc1ccc(NC(=O)c2ccccc2-c2ccc(C(F)(F)F)cc2)c(C(=O)N(C)C)c1)(C(=O)OCC)c1ccccc1. The Balaban J connectivity index is 1.66. The van der Waals surface area contributed by atoms with E-state index in [0.717, 1.165) is 18.2 Å². The summed E-state index contributed by atoms with van der Waals surface area (Å²) in [6.45, 7) is 2.66. The van der Waals surface area contributed by atoms with E-state index in [9.17, 15) is 37.1 Å². The summed E-state index contributed by atoms with van der Waals surface area (Å²) in [4.78, 5) is 67.7. The number of halogens is 3. The van der Waals surface area contributed by atoms with Gasteiger partial charge in [-0.1, -0.05) is 60.7 Å². The zero-order valence-electron chi connectivity index (χ0n) is 27.9. The van der Waals surface area contributed by atoms with E-state index in [4.69, 9.17) is 18.9 Å². The van der Waals surface area contributed by atoms with Crippen molar-refractivity contribution in [2.45, 2.75) is 25.6 Å². The first-order chi connectivity index (χ1) is 24.2. The van der Waals surface area contributed by atoms with E-state index in [1.54, 1.807) is 24.3 Å². The van der Waals surface area contributed by atoms with Crippen LogP contribution in [-0.4, -0.2) is 62.1 Å². The second-order valence-electron chi connectivity index (χ2n) is 10.9. The van der Waals surface area contributed by atoms with Crippen LogP contribution in [0, 0.1) is 0 Å². The van der Waals surface area contributed by atoms with Crippen LogP contribution in [0.1, 0.15) is 45.7 Å². The number of alkyl halides is 3. The number of rotatable bonds is 11. The normalized spacial score (nSPS) is 11.2. The number of carbonyl (C=O) groups is 5. The molecule has 0 heterocycles. The summed E-state index contributed by atoms with van der Waals surface area (Å²) in [5, 5.41) is 2.65. The second-order valence-corrected chi connectivity index (χ2v) is 10.9. The van der Waals surface area contributed by atoms with Gasteiger partial charge in [0.1, 0.15) is 5.75 Å². The smallest absolute Gasteiger partial charge is 0.462 e. The lowest BCUT2D eigenvalue weighted by Crippen LogP contribution is -2.50. The molecule has 0 spiro atoms. The van der Waals surface area contributed by atoms with Crippen LogP contribution in [0.3, 0.4) is 0 Å². The molecule has 4 aromatic carbocycles. The number of benzene rings is 4. The number of hydrogen-bond acceptors (Lipinski definition) is 9. The molecule has 1 N–H and O–H groups in total. The lowest BCUT2D eigenvalue weighted by molar-refractivity contribution is -0.186. The van der Waals surface area contributed by atoms with Gasteiger partial charge < -0.3 is 29.2 Å². The molecule has 0 radical (unpaired) electrons. The van der Waals surface area contributed by atoms with Crippen molar-refractivity contribution in [3.8, 4) is 16.9 Å². The van der Waals surface area contributed by atoms with E-state index in [-0.39, 0.29) is 41.3 Å². The Morgan fingerprint density at radius 1 is 0.706 bits per heavy atom. The number of anilines is 1. The summed E-state index contributed by atoms with van der Waals surface area (Å²) in [6, 6.07) is 21.5. The van der Waals surface area contributed by atoms with Crippen molar-refractivity contribution < 1.29 is 56.1 Å². The van der Waals surface area contributed by atoms with Crippen molar-refractivity contribution in [1.29, 1.82) is 0 Å². The van der Waals surface area contributed by atoms with Gasteiger partial charge in [0.05, 0.1) is 30.0 Å². The largest absolute Gasteiger partial charge is 0.515 e. The standard InChI is InChI=1S/C37H33F3N2O9/c1-5-48-33(45)36(34(46)49-6-2,24-12-8-7-9-13-24)51-35(47)50-26-20-21-30(29(22-26)32(44)42(3)4)41-31(43)28-15-11-10-14-27(28)23-16-18-25(19-17-23)37(38,39)40/h7-22H,5-6H2,1-4H3,(H,41,43). The lowest BCUT2D eigenvalue weighted by atomic mass is 9.93. The molecule has 0 fully saturated rings. The van der Waals surface area contributed by atoms with Crippen molar-refractivity contribution in [3.05, 3.63) is 119 Å². The van der Waals surface area contributed by atoms with Gasteiger partial charge in [0.25, 0.3) is 11.8 Å². The minimum absolute atomic E-state index is 0.00156. The van der Waals surface area contributed by atoms with E-state index in [2.05, 4.69) is 5.32 Å². The van der Waals surface area contributed by atoms with E-state index in [0.29, 0.717) is 11.1 Å². The zero-order valence-corrected chi connectivity index (χ0v) is 27.9. The van der Waals surface area contributed by atoms with E-state index < -0.39 is 47.2 Å². The highest BCUT2D eigenvalue weighted by molar-refractivity contribution is 6.12. The summed E-state index contributed by atoms with van der Waals surface area (Å²) in [5.41, 5.74) is -2.97. The molecule has 0 aliphatic heterocycles. The fraction of sp³-hybridized carbons (Fsp3) is 0.216. The summed E-state index contributed by atoms with van der Waals surface area (Å²) in [5.74, 6) is -4.03. The molecule has 2 amide bonds. The van der Waals surface area contributed by atoms with Crippen molar-refractivity contribution in [1.82, 2.24) is 4.90 Å². The Kier molecular flexibility index (Phi) is 11.8. The number of amides is 2. The van der Waals surface area contributed by atoms with Crippen LogP contribution in [0.25, 0.3) is 11.1 Å². The van der Waals surface area contributed by atoms with Crippen molar-refractivity contribution >= 4 is 35.6 Å². The van der Waals surface area contributed by atoms with Gasteiger partial charge in [-0.2, -0.15) is 13.2 Å². The van der Waals surface area contributed by atoms with Gasteiger partial charge >= 0.3 is 29.9 Å². The molecule has 0 bridgehead atoms. The molecule has 4 rings (SSSR count). The maximum absolute atomic E-state index is 13.6. The Morgan fingerprint density at radius 2 is 1.29 bits per heavy atom. The molecule has 4 aromatic rings. The Hall–Kier alpha value is -6.18. The zero-order chi connectivity index (χ0) is 37.3. The number of hydrogen-bond donors (Lipinski definition) is 1. The highest BCUT2D eigenvalue weighted by Gasteiger charge is 2.55. The number of nitrogens with one attached hydrogen (secondary N) is 1. The molecule has 266 valence electrons. The Morgan fingerprint density at radius 3 is 1.86 bits per heavy atom. The molecule has 0 aliphatic carbocycles. The Labute approximate surface area is 290 Å². The summed E-state index contributed by atoms with van der Waals surface area (Å²) < 4.78 is 60.3. The van der Waals surface area contributed by atoms with Gasteiger partial charge in [-0.3, -0.25) is 9.59 Å². The molecule has 14 heteroatoms. The van der Waals surface area contributed by atoms with Gasteiger partial charge in [-0.15, -0.1) is 0 Å². The maximum Gasteiger partial charge on any atom is 0.515 e. The highest BCUT2D eigenvalue weighted by Crippen LogP contribution is 2.34. The summed E-state index contributed by atoms with van der Waals surface area (Å²) in [7, 11) is 2.89. The first-order valence-electron chi connectivity index (χ1n) is 15.5. The topological polar surface area (TPSA) is 138 Å². The number of carbonyl (C=O) groups excluding carboxylic acids is 5. The molecule has 0 atom stereocenters. The molecule has 0 aliphatic rings. The van der Waals surface area contributed by atoms with Crippen LogP contribution >= 0.6 is 0 Å². The van der Waals surface area contributed by atoms with Crippen LogP contribution < -0.4 is 10.1 Å². The minimum Gasteiger partial charge on any atom is -0.462 e. The third-order valence-electron chi connectivity index (χ3n) is 7.31. The predicted octanol–water partition coefficient (Wildman–Crippen LogP) is 6.86. The highest BCUT2D eigenvalue weighted by atomic mass is 19.4. The van der Waals surface area contributed by atoms with Gasteiger partial charge in [-0.25, -0.2) is 14.4 Å². The minimum atomic E-state index is -4.54. The lowest BCUT2D eigenvalue weighted by Gasteiger charge is -2.28. The van der Waals surface area contributed by atoms with Crippen molar-refractivity contribution in [2.75, 3.05) is 32.6 Å². The average Bonchev–Trinajstić information content (AvgIpc) is 3.11. The first kappa shape index (κ1) is 37.6. The fourth-order valence-electron chi connectivity index (χ4n) is 4.92. The van der Waals surface area contributed by atoms with Crippen molar-refractivity contribution in [2.24, 2.45) is 0 Å². The molecule has 0 aromatic heterocycles. The number of ether oxygens (including phenoxy) is 4. The number of nitrogens with zero attached hydrogens (tertiary/aromatic N) is 1. The molecular formula is C37H33F3N2O9. The van der Waals surface area contributed by atoms with Crippen LogP contribution in [-0.2, 0) is 35.6 Å². The molecule has 0 saturated carbocycles. The monoisotopic (exact) mass is 706 g/mol. The second kappa shape index (κ2) is 16.0. The number of esters is 2. The average molecular weight is 707 g/mol. The van der Waals surface area contributed by atoms with Crippen LogP contribution in [0.2, 0.25) is 0 Å². The van der Waals surface area contributed by atoms with Crippen LogP contribution in [0.4, 0.5) is 23.7 Å². The van der Waals surface area contributed by atoms with Crippen molar-refractivity contribution in [3.63, 3.8) is 0 Å². The molecule has 11 nitrogen and oxygen atoms in total. The molecule has 0 unspecified atom stereocenters. The molecule has 51 heavy (non-hydrogen) atoms.